The summed E-state index contributed by atoms with van der Waals surface area (Å²) >= 11 is 0. The Kier molecular flexibility index (Phi) is 4.70. The number of hydrogen-bond acceptors (Lipinski definition) is 4. The molecule has 1 saturated heterocycles. The predicted molar refractivity (Wildman–Crippen MR) is 85.3 cm³/mol. The van der Waals surface area contributed by atoms with Gasteiger partial charge in [0.25, 0.3) is 0 Å². The van der Waals surface area contributed by atoms with Crippen LogP contribution in [0.2, 0.25) is 0 Å². The zero-order valence-electron chi connectivity index (χ0n) is 13.9. The smallest absolute Gasteiger partial charge is 0.313 e. The molecule has 2 rings (SSSR count). The fourth-order valence-electron chi connectivity index (χ4n) is 3.34. The number of anilines is 1. The lowest BCUT2D eigenvalue weighted by molar-refractivity contribution is -0.137. The van der Waals surface area contributed by atoms with E-state index in [9.17, 15) is 14.0 Å². The van der Waals surface area contributed by atoms with Gasteiger partial charge in [-0.1, -0.05) is 0 Å². The summed E-state index contributed by atoms with van der Waals surface area (Å²) in [5, 5.41) is 8.64. The second-order valence-electron chi connectivity index (χ2n) is 7.29. The van der Waals surface area contributed by atoms with E-state index in [0.717, 1.165) is 18.9 Å². The largest absolute Gasteiger partial charge is 0.345 e. The van der Waals surface area contributed by atoms with Gasteiger partial charge in [-0.05, 0) is 46.6 Å². The van der Waals surface area contributed by atoms with Crippen molar-refractivity contribution in [1.82, 2.24) is 15.6 Å². The number of halogens is 1. The summed E-state index contributed by atoms with van der Waals surface area (Å²) in [7, 11) is 0. The molecule has 3 N–H and O–H groups in total. The molecule has 126 valence electrons. The number of aromatic nitrogens is 1. The molecule has 0 aromatic carbocycles. The molecule has 0 spiro atoms. The zero-order valence-corrected chi connectivity index (χ0v) is 13.9. The van der Waals surface area contributed by atoms with Crippen molar-refractivity contribution in [3.05, 3.63) is 24.3 Å². The van der Waals surface area contributed by atoms with E-state index in [2.05, 4.69) is 48.6 Å². The molecule has 0 bridgehead atoms. The van der Waals surface area contributed by atoms with E-state index in [-0.39, 0.29) is 22.8 Å². The molecule has 1 aromatic rings. The molecule has 7 heteroatoms. The van der Waals surface area contributed by atoms with Gasteiger partial charge in [0.05, 0.1) is 0 Å². The summed E-state index contributed by atoms with van der Waals surface area (Å²) in [5.41, 5.74) is -0.0712. The number of piperidine rings is 1. The van der Waals surface area contributed by atoms with Crippen molar-refractivity contribution in [3.8, 4) is 0 Å². The van der Waals surface area contributed by atoms with Crippen LogP contribution in [0.5, 0.6) is 0 Å². The van der Waals surface area contributed by atoms with E-state index >= 15 is 0 Å². The highest BCUT2D eigenvalue weighted by Crippen LogP contribution is 2.28. The number of carbonyl (C=O) groups excluding carboxylic acids is 2. The maximum atomic E-state index is 13.0. The number of amides is 2. The van der Waals surface area contributed by atoms with Crippen LogP contribution in [0.3, 0.4) is 0 Å². The molecule has 2 heterocycles. The van der Waals surface area contributed by atoms with Crippen molar-refractivity contribution in [2.24, 2.45) is 0 Å². The van der Waals surface area contributed by atoms with Crippen molar-refractivity contribution in [3.63, 3.8) is 0 Å². The molecular weight excluding hydrogens is 299 g/mol. The van der Waals surface area contributed by atoms with Crippen LogP contribution < -0.4 is 16.0 Å². The van der Waals surface area contributed by atoms with Gasteiger partial charge >= 0.3 is 11.8 Å². The molecule has 1 aromatic heterocycles. The Morgan fingerprint density at radius 3 is 2.39 bits per heavy atom. The van der Waals surface area contributed by atoms with Gasteiger partial charge in [0.2, 0.25) is 5.95 Å². The Morgan fingerprint density at radius 2 is 1.83 bits per heavy atom. The van der Waals surface area contributed by atoms with Crippen LogP contribution in [0, 0.1) is 5.95 Å². The summed E-state index contributed by atoms with van der Waals surface area (Å²) in [4.78, 5) is 27.4. The molecular formula is C16H23FN4O2. The van der Waals surface area contributed by atoms with Gasteiger partial charge in [-0.25, -0.2) is 4.98 Å². The van der Waals surface area contributed by atoms with Crippen LogP contribution in [-0.2, 0) is 9.59 Å². The van der Waals surface area contributed by atoms with Crippen molar-refractivity contribution >= 4 is 17.5 Å². The highest BCUT2D eigenvalue weighted by molar-refractivity contribution is 6.39. The first-order chi connectivity index (χ1) is 10.6. The Balaban J connectivity index is 1.97. The van der Waals surface area contributed by atoms with Gasteiger partial charge in [-0.3, -0.25) is 9.59 Å². The minimum Gasteiger partial charge on any atom is -0.345 e. The SMILES string of the molecule is CC1(C)CC(NC(=O)C(=O)Nc2ccnc(F)c2)CC(C)(C)N1. The van der Waals surface area contributed by atoms with E-state index in [4.69, 9.17) is 0 Å². The Morgan fingerprint density at radius 1 is 1.22 bits per heavy atom. The van der Waals surface area contributed by atoms with Crippen LogP contribution in [0.15, 0.2) is 18.3 Å². The van der Waals surface area contributed by atoms with E-state index in [1.165, 1.54) is 12.3 Å². The zero-order chi connectivity index (χ0) is 17.3. The Hall–Kier alpha value is -2.02. The van der Waals surface area contributed by atoms with Crippen molar-refractivity contribution < 1.29 is 14.0 Å². The molecule has 1 fully saturated rings. The van der Waals surface area contributed by atoms with E-state index < -0.39 is 17.8 Å². The van der Waals surface area contributed by atoms with Crippen LogP contribution in [0.25, 0.3) is 0 Å². The quantitative estimate of drug-likeness (QED) is 0.570. The van der Waals surface area contributed by atoms with Crippen LogP contribution >= 0.6 is 0 Å². The van der Waals surface area contributed by atoms with Gasteiger partial charge in [0.15, 0.2) is 0 Å². The average Bonchev–Trinajstić information content (AvgIpc) is 2.34. The minimum absolute atomic E-state index is 0.103. The van der Waals surface area contributed by atoms with Crippen LogP contribution in [0.1, 0.15) is 40.5 Å². The second kappa shape index (κ2) is 6.23. The first kappa shape index (κ1) is 17.3. The maximum Gasteiger partial charge on any atom is 0.313 e. The third-order valence-corrected chi connectivity index (χ3v) is 3.72. The van der Waals surface area contributed by atoms with Gasteiger partial charge in [0, 0.05) is 35.1 Å². The molecule has 2 amide bonds. The molecule has 6 nitrogen and oxygen atoms in total. The van der Waals surface area contributed by atoms with E-state index in [1.54, 1.807) is 0 Å². The Labute approximate surface area is 135 Å². The fraction of sp³-hybridized carbons (Fsp3) is 0.562. The maximum absolute atomic E-state index is 13.0. The minimum atomic E-state index is -0.815. The lowest BCUT2D eigenvalue weighted by Crippen LogP contribution is -2.62. The molecule has 0 atom stereocenters. The standard InChI is InChI=1S/C16H23FN4O2/c1-15(2)8-11(9-16(3,4)21-15)20-14(23)13(22)19-10-5-6-18-12(17)7-10/h5-7,11,21H,8-9H2,1-4H3,(H,20,23)(H,18,19,22). The summed E-state index contributed by atoms with van der Waals surface area (Å²) in [6.07, 6.45) is 2.67. The molecule has 0 radical (unpaired) electrons. The summed E-state index contributed by atoms with van der Waals surface area (Å²) < 4.78 is 13.0. The number of carbonyl (C=O) groups is 2. The lowest BCUT2D eigenvalue weighted by Gasteiger charge is -2.46. The fourth-order valence-corrected chi connectivity index (χ4v) is 3.34. The van der Waals surface area contributed by atoms with Crippen molar-refractivity contribution in [2.45, 2.75) is 57.7 Å². The van der Waals surface area contributed by atoms with Gasteiger partial charge in [-0.15, -0.1) is 0 Å². The van der Waals surface area contributed by atoms with Crippen LogP contribution in [-0.4, -0.2) is 33.9 Å². The second-order valence-corrected chi connectivity index (χ2v) is 7.29. The van der Waals surface area contributed by atoms with E-state index in [1.807, 2.05) is 0 Å². The third kappa shape index (κ3) is 4.99. The van der Waals surface area contributed by atoms with Crippen LogP contribution in [0.4, 0.5) is 10.1 Å². The Bertz CT molecular complexity index is 600. The number of pyridine rings is 1. The van der Waals surface area contributed by atoms with Crippen molar-refractivity contribution in [1.29, 1.82) is 0 Å². The summed E-state index contributed by atoms with van der Waals surface area (Å²) in [6.45, 7) is 8.25. The van der Waals surface area contributed by atoms with Gasteiger partial charge in [0.1, 0.15) is 0 Å². The predicted octanol–water partition coefficient (Wildman–Crippen LogP) is 1.58. The molecule has 0 unspecified atom stereocenters. The monoisotopic (exact) mass is 322 g/mol. The highest BCUT2D eigenvalue weighted by atomic mass is 19.1. The van der Waals surface area contributed by atoms with Gasteiger partial charge in [-0.2, -0.15) is 4.39 Å². The third-order valence-electron chi connectivity index (χ3n) is 3.72. The number of nitrogens with one attached hydrogen (secondary N) is 3. The number of nitrogens with zero attached hydrogens (tertiary/aromatic N) is 1. The summed E-state index contributed by atoms with van der Waals surface area (Å²) in [5.74, 6) is -2.25. The first-order valence-corrected chi connectivity index (χ1v) is 7.59. The molecule has 0 saturated carbocycles. The van der Waals surface area contributed by atoms with Gasteiger partial charge < -0.3 is 16.0 Å². The molecule has 23 heavy (non-hydrogen) atoms. The number of hydrogen-bond donors (Lipinski definition) is 3. The number of rotatable bonds is 2. The first-order valence-electron chi connectivity index (χ1n) is 7.59. The lowest BCUT2D eigenvalue weighted by atomic mass is 9.79. The normalized spacial score (nSPS) is 19.9. The molecule has 1 aliphatic rings. The summed E-state index contributed by atoms with van der Waals surface area (Å²) in [6, 6.07) is 2.38. The van der Waals surface area contributed by atoms with E-state index in [0.29, 0.717) is 0 Å². The molecule has 1 aliphatic heterocycles. The van der Waals surface area contributed by atoms with Crippen molar-refractivity contribution in [2.75, 3.05) is 5.32 Å². The molecule has 0 aliphatic carbocycles. The average molecular weight is 322 g/mol. The highest BCUT2D eigenvalue weighted by Gasteiger charge is 2.38. The topological polar surface area (TPSA) is 83.1 Å².